The monoisotopic (exact) mass is 636 g/mol. The van der Waals surface area contributed by atoms with E-state index in [1.807, 2.05) is 6.92 Å². The molecule has 46 heavy (non-hydrogen) atoms. The van der Waals surface area contributed by atoms with E-state index in [0.717, 1.165) is 10.6 Å². The number of carbonyl (C=O) groups excluding carboxylic acids is 3. The van der Waals surface area contributed by atoms with Gasteiger partial charge in [0.15, 0.2) is 17.9 Å². The number of nitrogens with zero attached hydrogens (tertiary/aromatic N) is 3. The molecule has 0 aliphatic carbocycles. The Kier molecular flexibility index (Phi) is 9.66. The number of ether oxygens (including phenoxy) is 3. The van der Waals surface area contributed by atoms with Gasteiger partial charge in [0.2, 0.25) is 0 Å². The highest BCUT2D eigenvalue weighted by atomic mass is 16.6. The van der Waals surface area contributed by atoms with Crippen molar-refractivity contribution in [1.82, 2.24) is 20.1 Å². The maximum Gasteiger partial charge on any atom is 0.412 e. The van der Waals surface area contributed by atoms with Crippen molar-refractivity contribution >= 4 is 17.9 Å². The fraction of sp³-hybridized carbons (Fsp3) is 0.455. The summed E-state index contributed by atoms with van der Waals surface area (Å²) in [7, 11) is 0. The van der Waals surface area contributed by atoms with Crippen molar-refractivity contribution in [2.75, 3.05) is 32.8 Å². The Hall–Kier alpha value is -4.46. The Labute approximate surface area is 267 Å². The average molecular weight is 637 g/mol. The van der Waals surface area contributed by atoms with Crippen LogP contribution in [-0.4, -0.2) is 93.2 Å². The number of hydrogen-bond donors (Lipinski definition) is 3. The highest BCUT2D eigenvalue weighted by Crippen LogP contribution is 2.35. The molecule has 2 aliphatic heterocycles. The zero-order chi connectivity index (χ0) is 33.1. The number of nitrogens with one attached hydrogen (secondary N) is 1. The summed E-state index contributed by atoms with van der Waals surface area (Å²) in [6, 6.07) is 11.5. The molecule has 2 aliphatic rings. The molecule has 246 valence electrons. The van der Waals surface area contributed by atoms with Gasteiger partial charge in [-0.15, -0.1) is 0 Å². The highest BCUT2D eigenvalue weighted by molar-refractivity contribution is 5.97. The fourth-order valence-electron chi connectivity index (χ4n) is 5.31. The summed E-state index contributed by atoms with van der Waals surface area (Å²) in [5, 5.41) is 25.8. The summed E-state index contributed by atoms with van der Waals surface area (Å²) in [6.45, 7) is 8.62. The van der Waals surface area contributed by atoms with Crippen molar-refractivity contribution in [2.24, 2.45) is 0 Å². The molecule has 3 aromatic rings. The van der Waals surface area contributed by atoms with E-state index >= 15 is 0 Å². The van der Waals surface area contributed by atoms with Crippen LogP contribution in [0.1, 0.15) is 64.1 Å². The molecular formula is C33H40N4O9. The molecule has 5 rings (SSSR count). The minimum absolute atomic E-state index is 0.0804. The van der Waals surface area contributed by atoms with Crippen LogP contribution in [0.5, 0.6) is 5.75 Å². The first-order valence-corrected chi connectivity index (χ1v) is 15.1. The van der Waals surface area contributed by atoms with E-state index in [2.05, 4.69) is 10.3 Å². The Bertz CT molecular complexity index is 1560. The van der Waals surface area contributed by atoms with E-state index in [1.54, 1.807) is 56.0 Å². The van der Waals surface area contributed by atoms with Crippen LogP contribution in [-0.2, 0) is 29.0 Å². The molecule has 0 bridgehead atoms. The molecule has 13 nitrogen and oxygen atoms in total. The Balaban J connectivity index is 1.28. The number of aryl methyl sites for hydroxylation is 1. The summed E-state index contributed by atoms with van der Waals surface area (Å²) < 4.78 is 22.1. The number of aromatic nitrogens is 1. The van der Waals surface area contributed by atoms with Crippen molar-refractivity contribution in [2.45, 2.75) is 64.7 Å². The van der Waals surface area contributed by atoms with Crippen LogP contribution in [0, 0.1) is 6.92 Å². The number of amides is 3. The molecule has 3 N–H and O–H groups in total. The van der Waals surface area contributed by atoms with Gasteiger partial charge in [-0.05, 0) is 75.2 Å². The van der Waals surface area contributed by atoms with Crippen molar-refractivity contribution in [3.8, 4) is 5.75 Å². The molecule has 0 saturated carbocycles. The van der Waals surface area contributed by atoms with Crippen LogP contribution >= 0.6 is 0 Å². The van der Waals surface area contributed by atoms with Gasteiger partial charge in [-0.2, -0.15) is 0 Å². The molecule has 13 heteroatoms. The maximum atomic E-state index is 13.4. The molecule has 2 atom stereocenters. The lowest BCUT2D eigenvalue weighted by Crippen LogP contribution is -2.64. The SMILES string of the molecule is Cc1ncoc1COc1ccc2c(c1)CN(C(=O)OC(C)(C)C)[C@@](O)([C@H](O)CNC(=O)c1ccc(C(=O)N3CCOCC3)cc1)C2. The Morgan fingerprint density at radius 1 is 1.07 bits per heavy atom. The predicted octanol–water partition coefficient (Wildman–Crippen LogP) is 2.81. The predicted molar refractivity (Wildman–Crippen MR) is 164 cm³/mol. The zero-order valence-corrected chi connectivity index (χ0v) is 26.4. The van der Waals surface area contributed by atoms with E-state index < -0.39 is 29.4 Å². The first-order valence-electron chi connectivity index (χ1n) is 15.1. The molecule has 1 fully saturated rings. The average Bonchev–Trinajstić information content (AvgIpc) is 3.45. The lowest BCUT2D eigenvalue weighted by Gasteiger charge is -2.46. The molecule has 0 spiro atoms. The van der Waals surface area contributed by atoms with Gasteiger partial charge in [-0.3, -0.25) is 14.5 Å². The number of rotatable bonds is 8. The van der Waals surface area contributed by atoms with Gasteiger partial charge in [0.25, 0.3) is 11.8 Å². The third-order valence-corrected chi connectivity index (χ3v) is 7.93. The second kappa shape index (κ2) is 13.5. The molecule has 3 amide bonds. The molecule has 2 aromatic carbocycles. The minimum atomic E-state index is -2.10. The van der Waals surface area contributed by atoms with Crippen molar-refractivity contribution in [1.29, 1.82) is 0 Å². The highest BCUT2D eigenvalue weighted by Gasteiger charge is 2.49. The van der Waals surface area contributed by atoms with Gasteiger partial charge >= 0.3 is 6.09 Å². The van der Waals surface area contributed by atoms with Gasteiger partial charge in [0.1, 0.15) is 24.1 Å². The zero-order valence-electron chi connectivity index (χ0n) is 26.4. The summed E-state index contributed by atoms with van der Waals surface area (Å²) in [5.74, 6) is 0.452. The molecule has 1 saturated heterocycles. The number of fused-ring (bicyclic) bond motifs is 1. The fourth-order valence-corrected chi connectivity index (χ4v) is 5.31. The summed E-state index contributed by atoms with van der Waals surface area (Å²) >= 11 is 0. The first-order chi connectivity index (χ1) is 21.8. The number of morpholine rings is 1. The van der Waals surface area contributed by atoms with Crippen LogP contribution < -0.4 is 10.1 Å². The minimum Gasteiger partial charge on any atom is -0.486 e. The van der Waals surface area contributed by atoms with E-state index in [1.165, 1.54) is 18.5 Å². The third kappa shape index (κ3) is 7.49. The number of aliphatic hydroxyl groups excluding tert-OH is 1. The molecule has 1 aromatic heterocycles. The van der Waals surface area contributed by atoms with Crippen LogP contribution in [0.2, 0.25) is 0 Å². The van der Waals surface area contributed by atoms with Crippen LogP contribution in [0.3, 0.4) is 0 Å². The number of hydrogen-bond acceptors (Lipinski definition) is 10. The summed E-state index contributed by atoms with van der Waals surface area (Å²) in [5.41, 5.74) is -0.145. The van der Waals surface area contributed by atoms with Gasteiger partial charge in [-0.1, -0.05) is 6.07 Å². The van der Waals surface area contributed by atoms with Gasteiger partial charge in [0, 0.05) is 37.2 Å². The normalized spacial score (nSPS) is 18.8. The standard InChI is InChI=1S/C33H40N4O9/c1-21-27(45-20-35-21)19-44-26-10-9-24-16-33(42,37(18-25(24)15-26)31(41)46-32(2,3)4)28(38)17-34-29(39)22-5-7-23(8-6-22)30(40)36-11-13-43-14-12-36/h5-10,15,20,28,38,42H,11-14,16-19H2,1-4H3,(H,34,39)/t28-,33+/m1/s1. The smallest absolute Gasteiger partial charge is 0.412 e. The summed E-state index contributed by atoms with van der Waals surface area (Å²) in [6.07, 6.45) is -1.18. The van der Waals surface area contributed by atoms with Gasteiger partial charge < -0.3 is 39.1 Å². The number of benzene rings is 2. The van der Waals surface area contributed by atoms with Crippen molar-refractivity contribution in [3.05, 3.63) is 82.6 Å². The quantitative estimate of drug-likeness (QED) is 0.335. The second-order valence-corrected chi connectivity index (χ2v) is 12.4. The number of carbonyl (C=O) groups is 3. The van der Waals surface area contributed by atoms with E-state index in [4.69, 9.17) is 18.6 Å². The first kappa shape index (κ1) is 32.9. The van der Waals surface area contributed by atoms with Crippen LogP contribution in [0.4, 0.5) is 4.79 Å². The van der Waals surface area contributed by atoms with Crippen molar-refractivity contribution < 1.29 is 43.2 Å². The largest absolute Gasteiger partial charge is 0.486 e. The summed E-state index contributed by atoms with van der Waals surface area (Å²) in [4.78, 5) is 45.9. The molecule has 3 heterocycles. The van der Waals surface area contributed by atoms with E-state index in [0.29, 0.717) is 54.5 Å². The maximum absolute atomic E-state index is 13.4. The van der Waals surface area contributed by atoms with Gasteiger partial charge in [0.05, 0.1) is 25.5 Å². The van der Waals surface area contributed by atoms with Gasteiger partial charge in [-0.25, -0.2) is 9.78 Å². The number of aliphatic hydroxyl groups is 2. The third-order valence-electron chi connectivity index (χ3n) is 7.93. The Morgan fingerprint density at radius 3 is 2.41 bits per heavy atom. The van der Waals surface area contributed by atoms with Crippen LogP contribution in [0.15, 0.2) is 53.3 Å². The Morgan fingerprint density at radius 2 is 1.76 bits per heavy atom. The molecular weight excluding hydrogens is 596 g/mol. The molecule has 0 unspecified atom stereocenters. The topological polar surface area (TPSA) is 164 Å². The molecule has 0 radical (unpaired) electrons. The number of oxazole rings is 1. The second-order valence-electron chi connectivity index (χ2n) is 12.4. The van der Waals surface area contributed by atoms with Crippen molar-refractivity contribution in [3.63, 3.8) is 0 Å². The van der Waals surface area contributed by atoms with Crippen LogP contribution in [0.25, 0.3) is 0 Å². The lowest BCUT2D eigenvalue weighted by atomic mass is 9.87. The van der Waals surface area contributed by atoms with E-state index in [9.17, 15) is 24.6 Å². The lowest BCUT2D eigenvalue weighted by molar-refractivity contribution is -0.177. The van der Waals surface area contributed by atoms with E-state index in [-0.39, 0.29) is 37.6 Å².